The van der Waals surface area contributed by atoms with Crippen LogP contribution in [0.4, 0.5) is 0 Å². The van der Waals surface area contributed by atoms with Crippen LogP contribution in [0.1, 0.15) is 13.8 Å². The van der Waals surface area contributed by atoms with E-state index in [4.69, 9.17) is 5.11 Å². The zero-order valence-electron chi connectivity index (χ0n) is 8.19. The van der Waals surface area contributed by atoms with Crippen LogP contribution < -0.4 is 0 Å². The third-order valence-corrected chi connectivity index (χ3v) is 1.70. The van der Waals surface area contributed by atoms with E-state index in [2.05, 4.69) is 11.3 Å². The summed E-state index contributed by atoms with van der Waals surface area (Å²) in [5.74, 6) is -0.434. The zero-order valence-corrected chi connectivity index (χ0v) is 8.19. The standard InChI is InChI=1S/C9H17NO3/c1-4-8(11)13-9(12)7-10(5-2)6-3/h4,8,11H,1,5-7H2,2-3H3. The van der Waals surface area contributed by atoms with E-state index in [1.54, 1.807) is 0 Å². The maximum absolute atomic E-state index is 11.1. The van der Waals surface area contributed by atoms with Crippen LogP contribution in [-0.4, -0.2) is 41.9 Å². The van der Waals surface area contributed by atoms with Gasteiger partial charge in [-0.1, -0.05) is 20.4 Å². The second-order valence-corrected chi connectivity index (χ2v) is 2.58. The van der Waals surface area contributed by atoms with Gasteiger partial charge in [-0.05, 0) is 19.2 Å². The van der Waals surface area contributed by atoms with E-state index in [1.807, 2.05) is 18.7 Å². The quantitative estimate of drug-likeness (QED) is 0.371. The summed E-state index contributed by atoms with van der Waals surface area (Å²) in [6.45, 7) is 8.99. The summed E-state index contributed by atoms with van der Waals surface area (Å²) in [7, 11) is 0. The Morgan fingerprint density at radius 1 is 1.62 bits per heavy atom. The Morgan fingerprint density at radius 2 is 2.15 bits per heavy atom. The molecule has 0 amide bonds. The SMILES string of the molecule is C=CC(O)OC(=O)CN(CC)CC. The van der Waals surface area contributed by atoms with Crippen LogP contribution in [0.2, 0.25) is 0 Å². The van der Waals surface area contributed by atoms with Crippen LogP contribution in [-0.2, 0) is 9.53 Å². The van der Waals surface area contributed by atoms with Crippen molar-refractivity contribution in [3.63, 3.8) is 0 Å². The minimum absolute atomic E-state index is 0.206. The van der Waals surface area contributed by atoms with Gasteiger partial charge in [0, 0.05) is 0 Å². The fourth-order valence-electron chi connectivity index (χ4n) is 0.850. The predicted octanol–water partition coefficient (Wildman–Crippen LogP) is 0.376. The number of esters is 1. The largest absolute Gasteiger partial charge is 0.431 e. The van der Waals surface area contributed by atoms with Crippen molar-refractivity contribution in [3.8, 4) is 0 Å². The molecule has 0 fully saturated rings. The van der Waals surface area contributed by atoms with Gasteiger partial charge in [0.2, 0.25) is 6.29 Å². The summed E-state index contributed by atoms with van der Waals surface area (Å²) in [6, 6.07) is 0. The number of nitrogens with zero attached hydrogens (tertiary/aromatic N) is 1. The van der Waals surface area contributed by atoms with Crippen molar-refractivity contribution in [2.45, 2.75) is 20.1 Å². The van der Waals surface area contributed by atoms with Gasteiger partial charge in [-0.15, -0.1) is 0 Å². The number of carbonyl (C=O) groups excluding carboxylic acids is 1. The molecule has 0 aromatic rings. The highest BCUT2D eigenvalue weighted by atomic mass is 16.6. The van der Waals surface area contributed by atoms with Gasteiger partial charge >= 0.3 is 5.97 Å². The Labute approximate surface area is 78.8 Å². The minimum atomic E-state index is -1.19. The van der Waals surface area contributed by atoms with Crippen LogP contribution in [0.3, 0.4) is 0 Å². The molecule has 0 aliphatic rings. The molecule has 1 N–H and O–H groups in total. The topological polar surface area (TPSA) is 49.8 Å². The van der Waals surface area contributed by atoms with Gasteiger partial charge in [-0.25, -0.2) is 0 Å². The van der Waals surface area contributed by atoms with Crippen LogP contribution in [0, 0.1) is 0 Å². The molecular weight excluding hydrogens is 170 g/mol. The molecule has 1 unspecified atom stereocenters. The Bertz CT molecular complexity index is 166. The van der Waals surface area contributed by atoms with E-state index in [1.165, 1.54) is 6.08 Å². The average molecular weight is 187 g/mol. The molecule has 4 nitrogen and oxygen atoms in total. The molecule has 0 saturated carbocycles. The molecule has 0 saturated heterocycles. The van der Waals surface area contributed by atoms with Crippen molar-refractivity contribution >= 4 is 5.97 Å². The summed E-state index contributed by atoms with van der Waals surface area (Å²) in [5.41, 5.74) is 0. The number of aliphatic hydroxyl groups is 1. The zero-order chi connectivity index (χ0) is 10.3. The highest BCUT2D eigenvalue weighted by Gasteiger charge is 2.10. The van der Waals surface area contributed by atoms with E-state index in [-0.39, 0.29) is 6.54 Å². The lowest BCUT2D eigenvalue weighted by atomic mass is 10.5. The second kappa shape index (κ2) is 6.62. The Balaban J connectivity index is 3.78. The molecule has 0 aromatic carbocycles. The van der Waals surface area contributed by atoms with Crippen LogP contribution in [0.25, 0.3) is 0 Å². The van der Waals surface area contributed by atoms with Gasteiger partial charge in [0.15, 0.2) is 0 Å². The first-order valence-corrected chi connectivity index (χ1v) is 4.36. The van der Waals surface area contributed by atoms with E-state index >= 15 is 0 Å². The van der Waals surface area contributed by atoms with E-state index in [0.29, 0.717) is 0 Å². The molecule has 4 heteroatoms. The van der Waals surface area contributed by atoms with Crippen molar-refractivity contribution < 1.29 is 14.6 Å². The second-order valence-electron chi connectivity index (χ2n) is 2.58. The molecule has 0 aliphatic carbocycles. The van der Waals surface area contributed by atoms with Gasteiger partial charge in [0.05, 0.1) is 6.54 Å². The average Bonchev–Trinajstić information content (AvgIpc) is 2.13. The van der Waals surface area contributed by atoms with Crippen LogP contribution in [0.5, 0.6) is 0 Å². The molecule has 0 heterocycles. The molecule has 13 heavy (non-hydrogen) atoms. The first-order chi connectivity index (χ1) is 6.13. The van der Waals surface area contributed by atoms with Crippen LogP contribution in [0.15, 0.2) is 12.7 Å². The number of ether oxygens (including phenoxy) is 1. The van der Waals surface area contributed by atoms with Gasteiger partial charge in [-0.2, -0.15) is 0 Å². The summed E-state index contributed by atoms with van der Waals surface area (Å²) in [5, 5.41) is 8.91. The van der Waals surface area contributed by atoms with Crippen molar-refractivity contribution in [1.29, 1.82) is 0 Å². The third-order valence-electron chi connectivity index (χ3n) is 1.70. The van der Waals surface area contributed by atoms with Gasteiger partial charge in [0.25, 0.3) is 0 Å². The summed E-state index contributed by atoms with van der Waals surface area (Å²) >= 11 is 0. The molecule has 76 valence electrons. The maximum Gasteiger partial charge on any atom is 0.322 e. The number of carbonyl (C=O) groups is 1. The van der Waals surface area contributed by atoms with Crippen molar-refractivity contribution in [1.82, 2.24) is 4.90 Å². The lowest BCUT2D eigenvalue weighted by molar-refractivity contribution is -0.161. The first kappa shape index (κ1) is 12.1. The van der Waals surface area contributed by atoms with Gasteiger partial charge < -0.3 is 9.84 Å². The van der Waals surface area contributed by atoms with Crippen LogP contribution >= 0.6 is 0 Å². The summed E-state index contributed by atoms with van der Waals surface area (Å²) in [6.07, 6.45) is -0.0248. The number of hydrogen-bond acceptors (Lipinski definition) is 4. The number of rotatable bonds is 6. The Morgan fingerprint density at radius 3 is 2.54 bits per heavy atom. The van der Waals surface area contributed by atoms with E-state index in [9.17, 15) is 4.79 Å². The normalized spacial score (nSPS) is 12.6. The number of aliphatic hydroxyl groups excluding tert-OH is 1. The van der Waals surface area contributed by atoms with Crippen molar-refractivity contribution in [3.05, 3.63) is 12.7 Å². The molecular formula is C9H17NO3. The predicted molar refractivity (Wildman–Crippen MR) is 50.1 cm³/mol. The lowest BCUT2D eigenvalue weighted by Gasteiger charge is -2.17. The highest BCUT2D eigenvalue weighted by Crippen LogP contribution is 1.93. The molecule has 1 atom stereocenters. The Kier molecular flexibility index (Phi) is 6.18. The molecule has 0 rings (SSSR count). The molecule has 0 aliphatic heterocycles. The molecule has 0 spiro atoms. The third kappa shape index (κ3) is 5.38. The van der Waals surface area contributed by atoms with Crippen molar-refractivity contribution in [2.24, 2.45) is 0 Å². The summed E-state index contributed by atoms with van der Waals surface area (Å²) in [4.78, 5) is 13.0. The number of hydrogen-bond donors (Lipinski definition) is 1. The maximum atomic E-state index is 11.1. The molecule has 0 radical (unpaired) electrons. The molecule has 0 bridgehead atoms. The highest BCUT2D eigenvalue weighted by molar-refractivity contribution is 5.71. The summed E-state index contributed by atoms with van der Waals surface area (Å²) < 4.78 is 4.59. The van der Waals surface area contributed by atoms with Gasteiger partial charge in [-0.3, -0.25) is 9.69 Å². The molecule has 0 aromatic heterocycles. The van der Waals surface area contributed by atoms with E-state index in [0.717, 1.165) is 13.1 Å². The smallest absolute Gasteiger partial charge is 0.322 e. The van der Waals surface area contributed by atoms with Gasteiger partial charge in [0.1, 0.15) is 0 Å². The fourth-order valence-corrected chi connectivity index (χ4v) is 0.850. The van der Waals surface area contributed by atoms with Crippen molar-refractivity contribution in [2.75, 3.05) is 19.6 Å². The van der Waals surface area contributed by atoms with E-state index < -0.39 is 12.3 Å². The first-order valence-electron chi connectivity index (χ1n) is 4.36. The Hall–Kier alpha value is -0.870. The lowest BCUT2D eigenvalue weighted by Crippen LogP contribution is -2.32. The monoisotopic (exact) mass is 187 g/mol. The number of likely N-dealkylation sites (N-methyl/N-ethyl adjacent to an activating group) is 1. The fraction of sp³-hybridized carbons (Fsp3) is 0.667. The minimum Gasteiger partial charge on any atom is -0.431 e.